The van der Waals surface area contributed by atoms with Crippen LogP contribution in [0.3, 0.4) is 0 Å². The number of Topliss-reactive ketones (excluding diaryl/α,β-unsaturated/α-hetero) is 1. The van der Waals surface area contributed by atoms with Gasteiger partial charge < -0.3 is 0 Å². The van der Waals surface area contributed by atoms with Crippen molar-refractivity contribution in [2.45, 2.75) is 20.3 Å². The molecule has 0 saturated heterocycles. The van der Waals surface area contributed by atoms with Crippen molar-refractivity contribution in [2.75, 3.05) is 0 Å². The molecule has 1 aromatic carbocycles. The molecule has 0 aliphatic rings. The Balaban J connectivity index is 2.97. The Labute approximate surface area is 94.7 Å². The van der Waals surface area contributed by atoms with Gasteiger partial charge in [0.25, 0.3) is 0 Å². The third kappa shape index (κ3) is 2.77. The molecule has 0 bridgehead atoms. The van der Waals surface area contributed by atoms with E-state index in [1.54, 1.807) is 18.2 Å². The average Bonchev–Trinajstić information content (AvgIpc) is 2.28. The predicted molar refractivity (Wildman–Crippen MR) is 60.1 cm³/mol. The van der Waals surface area contributed by atoms with Crippen LogP contribution in [0.5, 0.6) is 0 Å². The lowest BCUT2D eigenvalue weighted by Gasteiger charge is -2.05. The maximum absolute atomic E-state index is 11.5. The zero-order valence-corrected chi connectivity index (χ0v) is 9.36. The van der Waals surface area contributed by atoms with Gasteiger partial charge in [-0.25, -0.2) is 0 Å². The Morgan fingerprint density at radius 1 is 1.50 bits per heavy atom. The highest BCUT2D eigenvalue weighted by Gasteiger charge is 2.09. The Hall–Kier alpha value is -1.95. The van der Waals surface area contributed by atoms with Crippen molar-refractivity contribution in [2.24, 2.45) is 5.92 Å². The minimum Gasteiger partial charge on any atom is -0.299 e. The molecular formula is C13H13NO2. The standard InChI is InChI=1S/C13H13NO2/c1-9(2)13(16)6-10-3-4-11(8-15)12(5-10)7-14/h3-5,8-9H,6H2,1-2H3. The second-order valence-electron chi connectivity index (χ2n) is 3.95. The number of nitrogens with zero attached hydrogens (tertiary/aromatic N) is 1. The zero-order valence-electron chi connectivity index (χ0n) is 9.36. The van der Waals surface area contributed by atoms with Gasteiger partial charge >= 0.3 is 0 Å². The van der Waals surface area contributed by atoms with Gasteiger partial charge in [0.2, 0.25) is 0 Å². The Morgan fingerprint density at radius 3 is 2.69 bits per heavy atom. The van der Waals surface area contributed by atoms with E-state index in [1.165, 1.54) is 0 Å². The number of benzene rings is 1. The van der Waals surface area contributed by atoms with Crippen LogP contribution in [-0.2, 0) is 11.2 Å². The second kappa shape index (κ2) is 5.22. The molecule has 1 aromatic rings. The Bertz CT molecular complexity index is 455. The molecule has 82 valence electrons. The summed E-state index contributed by atoms with van der Waals surface area (Å²) in [6.45, 7) is 3.68. The third-order valence-electron chi connectivity index (χ3n) is 2.39. The summed E-state index contributed by atoms with van der Waals surface area (Å²) in [5, 5.41) is 8.82. The maximum Gasteiger partial charge on any atom is 0.151 e. The van der Waals surface area contributed by atoms with E-state index >= 15 is 0 Å². The average molecular weight is 215 g/mol. The van der Waals surface area contributed by atoms with Crippen molar-refractivity contribution in [3.8, 4) is 6.07 Å². The van der Waals surface area contributed by atoms with E-state index in [1.807, 2.05) is 19.9 Å². The molecule has 0 amide bonds. The van der Waals surface area contributed by atoms with Gasteiger partial charge in [0.05, 0.1) is 11.6 Å². The van der Waals surface area contributed by atoms with E-state index in [9.17, 15) is 9.59 Å². The van der Waals surface area contributed by atoms with Crippen LogP contribution in [0, 0.1) is 17.2 Å². The largest absolute Gasteiger partial charge is 0.299 e. The first-order chi connectivity index (χ1) is 7.58. The van der Waals surface area contributed by atoms with Gasteiger partial charge in [-0.15, -0.1) is 0 Å². The van der Waals surface area contributed by atoms with E-state index in [2.05, 4.69) is 0 Å². The van der Waals surface area contributed by atoms with Gasteiger partial charge in [0.1, 0.15) is 5.78 Å². The Morgan fingerprint density at radius 2 is 2.19 bits per heavy atom. The molecule has 0 atom stereocenters. The third-order valence-corrected chi connectivity index (χ3v) is 2.39. The normalized spacial score (nSPS) is 9.88. The molecule has 3 nitrogen and oxygen atoms in total. The van der Waals surface area contributed by atoms with Crippen LogP contribution >= 0.6 is 0 Å². The summed E-state index contributed by atoms with van der Waals surface area (Å²) in [6, 6.07) is 6.84. The fraction of sp³-hybridized carbons (Fsp3) is 0.308. The maximum atomic E-state index is 11.5. The van der Waals surface area contributed by atoms with Crippen molar-refractivity contribution in [1.82, 2.24) is 0 Å². The summed E-state index contributed by atoms with van der Waals surface area (Å²) in [4.78, 5) is 22.1. The molecule has 0 saturated carbocycles. The van der Waals surface area contributed by atoms with Crippen molar-refractivity contribution in [3.63, 3.8) is 0 Å². The summed E-state index contributed by atoms with van der Waals surface area (Å²) < 4.78 is 0. The smallest absolute Gasteiger partial charge is 0.151 e. The van der Waals surface area contributed by atoms with Gasteiger partial charge in [0, 0.05) is 17.9 Å². The van der Waals surface area contributed by atoms with Crippen molar-refractivity contribution >= 4 is 12.1 Å². The number of hydrogen-bond donors (Lipinski definition) is 0. The van der Waals surface area contributed by atoms with Crippen LogP contribution in [0.2, 0.25) is 0 Å². The van der Waals surface area contributed by atoms with Crippen molar-refractivity contribution < 1.29 is 9.59 Å². The summed E-state index contributed by atoms with van der Waals surface area (Å²) in [5.41, 5.74) is 1.47. The van der Waals surface area contributed by atoms with Crippen LogP contribution in [0.4, 0.5) is 0 Å². The molecule has 0 fully saturated rings. The lowest BCUT2D eigenvalue weighted by molar-refractivity contribution is -0.121. The van der Waals surface area contributed by atoms with Crippen molar-refractivity contribution in [1.29, 1.82) is 5.26 Å². The number of carbonyl (C=O) groups excluding carboxylic acids is 2. The molecule has 0 spiro atoms. The van der Waals surface area contributed by atoms with Gasteiger partial charge in [-0.05, 0) is 11.6 Å². The fourth-order valence-electron chi connectivity index (χ4n) is 1.32. The molecule has 0 aliphatic carbocycles. The molecule has 0 aromatic heterocycles. The van der Waals surface area contributed by atoms with Crippen LogP contribution in [0.25, 0.3) is 0 Å². The molecule has 0 N–H and O–H groups in total. The van der Waals surface area contributed by atoms with Gasteiger partial charge in [-0.2, -0.15) is 5.26 Å². The second-order valence-corrected chi connectivity index (χ2v) is 3.95. The Kier molecular flexibility index (Phi) is 3.96. The van der Waals surface area contributed by atoms with E-state index in [-0.39, 0.29) is 11.7 Å². The van der Waals surface area contributed by atoms with Crippen LogP contribution < -0.4 is 0 Å². The number of ketones is 1. The summed E-state index contributed by atoms with van der Waals surface area (Å²) in [7, 11) is 0. The number of aldehydes is 1. The molecular weight excluding hydrogens is 202 g/mol. The van der Waals surface area contributed by atoms with E-state index in [4.69, 9.17) is 5.26 Å². The topological polar surface area (TPSA) is 57.9 Å². The molecule has 1 rings (SSSR count). The highest BCUT2D eigenvalue weighted by atomic mass is 16.1. The number of nitriles is 1. The molecule has 0 unspecified atom stereocenters. The zero-order chi connectivity index (χ0) is 12.1. The van der Waals surface area contributed by atoms with E-state index in [0.29, 0.717) is 23.8 Å². The van der Waals surface area contributed by atoms with Crippen LogP contribution in [-0.4, -0.2) is 12.1 Å². The van der Waals surface area contributed by atoms with Gasteiger partial charge in [-0.3, -0.25) is 9.59 Å². The number of rotatable bonds is 4. The number of hydrogen-bond acceptors (Lipinski definition) is 3. The lowest BCUT2D eigenvalue weighted by Crippen LogP contribution is -2.10. The summed E-state index contributed by atoms with van der Waals surface area (Å²) in [6.07, 6.45) is 0.956. The van der Waals surface area contributed by atoms with Crippen LogP contribution in [0.15, 0.2) is 18.2 Å². The summed E-state index contributed by atoms with van der Waals surface area (Å²) >= 11 is 0. The minimum absolute atomic E-state index is 0.0173. The first-order valence-electron chi connectivity index (χ1n) is 5.09. The first kappa shape index (κ1) is 12.1. The summed E-state index contributed by atoms with van der Waals surface area (Å²) in [5.74, 6) is 0.110. The predicted octanol–water partition coefficient (Wildman–Crippen LogP) is 2.14. The van der Waals surface area contributed by atoms with E-state index < -0.39 is 0 Å². The molecule has 0 aliphatic heterocycles. The molecule has 0 radical (unpaired) electrons. The number of carbonyl (C=O) groups is 2. The first-order valence-corrected chi connectivity index (χ1v) is 5.09. The fourth-order valence-corrected chi connectivity index (χ4v) is 1.32. The van der Waals surface area contributed by atoms with E-state index in [0.717, 1.165) is 5.56 Å². The quantitative estimate of drug-likeness (QED) is 0.723. The van der Waals surface area contributed by atoms with Gasteiger partial charge in [0.15, 0.2) is 6.29 Å². The monoisotopic (exact) mass is 215 g/mol. The van der Waals surface area contributed by atoms with Crippen molar-refractivity contribution in [3.05, 3.63) is 34.9 Å². The highest BCUT2D eigenvalue weighted by molar-refractivity contribution is 5.84. The highest BCUT2D eigenvalue weighted by Crippen LogP contribution is 2.12. The lowest BCUT2D eigenvalue weighted by atomic mass is 9.98. The van der Waals surface area contributed by atoms with Gasteiger partial charge in [-0.1, -0.05) is 26.0 Å². The molecule has 0 heterocycles. The SMILES string of the molecule is CC(C)C(=O)Cc1ccc(C=O)c(C#N)c1. The minimum atomic E-state index is -0.0173. The van der Waals surface area contributed by atoms with Crippen LogP contribution in [0.1, 0.15) is 35.3 Å². The molecule has 16 heavy (non-hydrogen) atoms. The molecule has 3 heteroatoms.